The van der Waals surface area contributed by atoms with E-state index in [4.69, 9.17) is 5.73 Å². The summed E-state index contributed by atoms with van der Waals surface area (Å²) in [6.07, 6.45) is 3.99. The Morgan fingerprint density at radius 1 is 1.15 bits per heavy atom. The average molecular weight is 295 g/mol. The Labute approximate surface area is 122 Å². The van der Waals surface area contributed by atoms with Crippen LogP contribution in [0.5, 0.6) is 0 Å². The van der Waals surface area contributed by atoms with Crippen LogP contribution in [0.3, 0.4) is 0 Å². The van der Waals surface area contributed by atoms with Gasteiger partial charge in [-0.3, -0.25) is 0 Å². The molecule has 1 saturated carbocycles. The number of nitrogens with two attached hydrogens (primary N) is 1. The van der Waals surface area contributed by atoms with E-state index in [1.165, 1.54) is 0 Å². The van der Waals surface area contributed by atoms with E-state index < -0.39 is 9.84 Å². The van der Waals surface area contributed by atoms with Gasteiger partial charge in [0.2, 0.25) is 0 Å². The van der Waals surface area contributed by atoms with Crippen molar-refractivity contribution < 1.29 is 8.42 Å². The third kappa shape index (κ3) is 4.32. The molecule has 112 valence electrons. The third-order valence-electron chi connectivity index (χ3n) is 4.19. The van der Waals surface area contributed by atoms with Crippen LogP contribution in [0, 0.1) is 19.8 Å². The van der Waals surface area contributed by atoms with E-state index >= 15 is 0 Å². The molecule has 2 N–H and O–H groups in total. The topological polar surface area (TPSA) is 60.2 Å². The van der Waals surface area contributed by atoms with Gasteiger partial charge in [0, 0.05) is 6.04 Å². The Morgan fingerprint density at radius 2 is 1.80 bits per heavy atom. The molecule has 1 aliphatic carbocycles. The first-order chi connectivity index (χ1) is 9.35. The van der Waals surface area contributed by atoms with Crippen molar-refractivity contribution >= 4 is 9.84 Å². The predicted octanol–water partition coefficient (Wildman–Crippen LogP) is 2.74. The zero-order valence-corrected chi connectivity index (χ0v) is 13.2. The maximum absolute atomic E-state index is 12.2. The van der Waals surface area contributed by atoms with Gasteiger partial charge in [0.15, 0.2) is 9.84 Å². The summed E-state index contributed by atoms with van der Waals surface area (Å²) in [5.41, 5.74) is 9.14. The summed E-state index contributed by atoms with van der Waals surface area (Å²) in [6, 6.07) is 6.19. The minimum atomic E-state index is -3.03. The average Bonchev–Trinajstić information content (AvgIpc) is 2.70. The fourth-order valence-electron chi connectivity index (χ4n) is 3.23. The molecule has 2 unspecified atom stereocenters. The van der Waals surface area contributed by atoms with Gasteiger partial charge in [0.25, 0.3) is 0 Å². The highest BCUT2D eigenvalue weighted by molar-refractivity contribution is 7.90. The van der Waals surface area contributed by atoms with Crippen molar-refractivity contribution in [1.82, 2.24) is 0 Å². The van der Waals surface area contributed by atoms with Crippen LogP contribution in [-0.2, 0) is 15.6 Å². The fraction of sp³-hybridized carbons (Fsp3) is 0.625. The van der Waals surface area contributed by atoms with Crippen LogP contribution in [0.25, 0.3) is 0 Å². The number of hydrogen-bond donors (Lipinski definition) is 1. The molecule has 1 aromatic rings. The molecule has 0 saturated heterocycles. The first-order valence-electron chi connectivity index (χ1n) is 7.39. The first kappa shape index (κ1) is 15.5. The lowest BCUT2D eigenvalue weighted by molar-refractivity contribution is 0.464. The van der Waals surface area contributed by atoms with E-state index in [1.54, 1.807) is 0 Å². The molecular formula is C16H25NO2S. The zero-order valence-electron chi connectivity index (χ0n) is 12.4. The fourth-order valence-corrected chi connectivity index (χ4v) is 4.71. The maximum Gasteiger partial charge on any atom is 0.154 e. The lowest BCUT2D eigenvalue weighted by atomic mass is 10.0. The second-order valence-electron chi connectivity index (χ2n) is 6.23. The molecule has 0 aliphatic heterocycles. The number of aryl methyl sites for hydroxylation is 2. The van der Waals surface area contributed by atoms with E-state index in [9.17, 15) is 8.42 Å². The number of rotatable bonds is 5. The van der Waals surface area contributed by atoms with Crippen LogP contribution in [0.4, 0.5) is 0 Å². The molecule has 4 heteroatoms. The molecule has 1 aromatic carbocycles. The van der Waals surface area contributed by atoms with Gasteiger partial charge in [-0.05, 0) is 44.6 Å². The van der Waals surface area contributed by atoms with Crippen LogP contribution >= 0.6 is 0 Å². The molecule has 20 heavy (non-hydrogen) atoms. The zero-order chi connectivity index (χ0) is 14.8. The van der Waals surface area contributed by atoms with Crippen LogP contribution in [0.2, 0.25) is 0 Å². The maximum atomic E-state index is 12.2. The Morgan fingerprint density at radius 3 is 2.35 bits per heavy atom. The van der Waals surface area contributed by atoms with Crippen LogP contribution in [0.15, 0.2) is 18.2 Å². The normalized spacial score (nSPS) is 23.1. The van der Waals surface area contributed by atoms with Crippen molar-refractivity contribution in [3.8, 4) is 0 Å². The molecule has 0 bridgehead atoms. The van der Waals surface area contributed by atoms with Crippen molar-refractivity contribution in [3.05, 3.63) is 34.9 Å². The summed E-state index contributed by atoms with van der Waals surface area (Å²) in [5, 5.41) is 0. The standard InChI is InChI=1S/C16H25NO2S/c1-12-8-13(2)10-14(9-12)11-20(18,19)7-6-15-4-3-5-16(15)17/h8-10,15-16H,3-7,11,17H2,1-2H3. The van der Waals surface area contributed by atoms with Crippen molar-refractivity contribution in [2.24, 2.45) is 11.7 Å². The van der Waals surface area contributed by atoms with Gasteiger partial charge in [-0.15, -0.1) is 0 Å². The Kier molecular flexibility index (Phi) is 4.86. The molecule has 1 aliphatic rings. The molecule has 0 amide bonds. The van der Waals surface area contributed by atoms with E-state index in [1.807, 2.05) is 26.0 Å². The van der Waals surface area contributed by atoms with Crippen molar-refractivity contribution in [3.63, 3.8) is 0 Å². The van der Waals surface area contributed by atoms with Gasteiger partial charge in [0.1, 0.15) is 0 Å². The van der Waals surface area contributed by atoms with Gasteiger partial charge >= 0.3 is 0 Å². The Hall–Kier alpha value is -0.870. The van der Waals surface area contributed by atoms with Gasteiger partial charge < -0.3 is 5.73 Å². The second kappa shape index (κ2) is 6.27. The largest absolute Gasteiger partial charge is 0.327 e. The molecule has 0 heterocycles. The molecular weight excluding hydrogens is 270 g/mol. The number of sulfone groups is 1. The predicted molar refractivity (Wildman–Crippen MR) is 83.3 cm³/mol. The molecule has 0 spiro atoms. The highest BCUT2D eigenvalue weighted by atomic mass is 32.2. The molecule has 2 atom stereocenters. The highest BCUT2D eigenvalue weighted by Crippen LogP contribution is 2.27. The summed E-state index contributed by atoms with van der Waals surface area (Å²) in [7, 11) is -3.03. The molecule has 0 aromatic heterocycles. The number of hydrogen-bond acceptors (Lipinski definition) is 3. The summed E-state index contributed by atoms with van der Waals surface area (Å²) in [4.78, 5) is 0. The van der Waals surface area contributed by atoms with Crippen molar-refractivity contribution in [1.29, 1.82) is 0 Å². The second-order valence-corrected chi connectivity index (χ2v) is 8.42. The highest BCUT2D eigenvalue weighted by Gasteiger charge is 2.25. The van der Waals surface area contributed by atoms with E-state index in [0.717, 1.165) is 36.0 Å². The van der Waals surface area contributed by atoms with Gasteiger partial charge in [-0.2, -0.15) is 0 Å². The third-order valence-corrected chi connectivity index (χ3v) is 5.82. The Balaban J connectivity index is 1.96. The van der Waals surface area contributed by atoms with Crippen molar-refractivity contribution in [2.45, 2.75) is 51.3 Å². The molecule has 3 nitrogen and oxygen atoms in total. The molecule has 2 rings (SSSR count). The lowest BCUT2D eigenvalue weighted by Gasteiger charge is -2.15. The smallest absolute Gasteiger partial charge is 0.154 e. The quantitative estimate of drug-likeness (QED) is 0.908. The van der Waals surface area contributed by atoms with Gasteiger partial charge in [-0.25, -0.2) is 8.42 Å². The minimum Gasteiger partial charge on any atom is -0.327 e. The molecule has 1 fully saturated rings. The summed E-state index contributed by atoms with van der Waals surface area (Å²) < 4.78 is 24.5. The van der Waals surface area contributed by atoms with Crippen LogP contribution in [-0.4, -0.2) is 20.2 Å². The van der Waals surface area contributed by atoms with E-state index in [2.05, 4.69) is 6.07 Å². The number of benzene rings is 1. The monoisotopic (exact) mass is 295 g/mol. The SMILES string of the molecule is Cc1cc(C)cc(CS(=O)(=O)CCC2CCCC2N)c1. The van der Waals surface area contributed by atoms with E-state index in [0.29, 0.717) is 12.3 Å². The lowest BCUT2D eigenvalue weighted by Crippen LogP contribution is -2.26. The summed E-state index contributed by atoms with van der Waals surface area (Å²) in [5.74, 6) is 0.805. The Bertz CT molecular complexity index is 546. The van der Waals surface area contributed by atoms with Crippen LogP contribution in [0.1, 0.15) is 42.4 Å². The van der Waals surface area contributed by atoms with E-state index in [-0.39, 0.29) is 17.5 Å². The molecule has 0 radical (unpaired) electrons. The summed E-state index contributed by atoms with van der Waals surface area (Å²) in [6.45, 7) is 4.00. The van der Waals surface area contributed by atoms with Gasteiger partial charge in [-0.1, -0.05) is 35.7 Å². The minimum absolute atomic E-state index is 0.150. The van der Waals surface area contributed by atoms with Crippen LogP contribution < -0.4 is 5.73 Å². The first-order valence-corrected chi connectivity index (χ1v) is 9.21. The van der Waals surface area contributed by atoms with Crippen molar-refractivity contribution in [2.75, 3.05) is 5.75 Å². The van der Waals surface area contributed by atoms with Gasteiger partial charge in [0.05, 0.1) is 11.5 Å². The summed E-state index contributed by atoms with van der Waals surface area (Å²) >= 11 is 0.